The van der Waals surface area contributed by atoms with Crippen molar-refractivity contribution >= 4 is 12.0 Å². The topological polar surface area (TPSA) is 69.6 Å². The molecular weight excluding hydrogens is 232 g/mol. The molecule has 0 bridgehead atoms. The average molecular weight is 252 g/mol. The number of carboxylic acids is 1. The SMILES string of the molecule is CC#CCCNC(=O)N1CCC(CC)(C(=O)O)C1. The van der Waals surface area contributed by atoms with Gasteiger partial charge in [-0.3, -0.25) is 4.79 Å². The van der Waals surface area contributed by atoms with Crippen LogP contribution in [-0.4, -0.2) is 41.6 Å². The van der Waals surface area contributed by atoms with E-state index in [0.717, 1.165) is 0 Å². The molecule has 1 aliphatic heterocycles. The zero-order valence-electron chi connectivity index (χ0n) is 11.0. The van der Waals surface area contributed by atoms with E-state index >= 15 is 0 Å². The molecule has 1 saturated heterocycles. The molecule has 5 heteroatoms. The number of urea groups is 1. The number of nitrogens with one attached hydrogen (secondary N) is 1. The van der Waals surface area contributed by atoms with E-state index in [1.807, 2.05) is 6.92 Å². The first kappa shape index (κ1) is 14.4. The number of carboxylic acid groups (broad SMARTS) is 1. The Balaban J connectivity index is 2.47. The number of likely N-dealkylation sites (tertiary alicyclic amines) is 1. The molecular formula is C13H20N2O3. The molecule has 1 fully saturated rings. The molecule has 100 valence electrons. The molecule has 0 aromatic carbocycles. The molecule has 1 heterocycles. The van der Waals surface area contributed by atoms with Crippen LogP contribution in [-0.2, 0) is 4.79 Å². The molecule has 0 aliphatic carbocycles. The standard InChI is InChI=1S/C13H20N2O3/c1-3-5-6-8-14-12(18)15-9-7-13(4-2,10-15)11(16)17/h4,6-10H2,1-2H3,(H,14,18)(H,16,17). The molecule has 18 heavy (non-hydrogen) atoms. The maximum Gasteiger partial charge on any atom is 0.317 e. The Morgan fingerprint density at radius 3 is 2.72 bits per heavy atom. The number of amides is 2. The molecule has 0 radical (unpaired) electrons. The summed E-state index contributed by atoms with van der Waals surface area (Å²) in [6, 6.07) is -0.190. The molecule has 1 atom stereocenters. The van der Waals surface area contributed by atoms with Crippen LogP contribution in [0.1, 0.15) is 33.1 Å². The lowest BCUT2D eigenvalue weighted by atomic mass is 9.84. The summed E-state index contributed by atoms with van der Waals surface area (Å²) in [5.41, 5.74) is -0.763. The van der Waals surface area contributed by atoms with E-state index in [9.17, 15) is 14.7 Å². The molecule has 5 nitrogen and oxygen atoms in total. The number of aliphatic carboxylic acids is 1. The molecule has 1 aliphatic rings. The third-order valence-electron chi connectivity index (χ3n) is 3.47. The Labute approximate surface area is 108 Å². The van der Waals surface area contributed by atoms with E-state index in [-0.39, 0.29) is 6.03 Å². The quantitative estimate of drug-likeness (QED) is 0.585. The first-order chi connectivity index (χ1) is 8.55. The minimum absolute atomic E-state index is 0.190. The maximum absolute atomic E-state index is 11.8. The second kappa shape index (κ2) is 6.29. The predicted molar refractivity (Wildman–Crippen MR) is 68.0 cm³/mol. The molecule has 0 aromatic heterocycles. The Bertz CT molecular complexity index is 383. The third kappa shape index (κ3) is 3.16. The van der Waals surface area contributed by atoms with E-state index in [0.29, 0.717) is 38.9 Å². The Hall–Kier alpha value is -1.70. The van der Waals surface area contributed by atoms with Crippen LogP contribution in [0.5, 0.6) is 0 Å². The molecule has 0 saturated carbocycles. The molecule has 0 spiro atoms. The largest absolute Gasteiger partial charge is 0.481 e. The second-order valence-electron chi connectivity index (χ2n) is 4.52. The van der Waals surface area contributed by atoms with E-state index in [1.165, 1.54) is 0 Å². The van der Waals surface area contributed by atoms with Gasteiger partial charge >= 0.3 is 12.0 Å². The summed E-state index contributed by atoms with van der Waals surface area (Å²) in [4.78, 5) is 24.6. The number of hydrogen-bond donors (Lipinski definition) is 2. The summed E-state index contributed by atoms with van der Waals surface area (Å²) in [5.74, 6) is 4.81. The zero-order chi connectivity index (χ0) is 13.6. The van der Waals surface area contributed by atoms with E-state index in [2.05, 4.69) is 17.2 Å². The lowest BCUT2D eigenvalue weighted by molar-refractivity contribution is -0.148. The molecule has 0 aromatic rings. The Kier molecular flexibility index (Phi) is 5.02. The van der Waals surface area contributed by atoms with Crippen molar-refractivity contribution in [2.45, 2.75) is 33.1 Å². The predicted octanol–water partition coefficient (Wildman–Crippen LogP) is 1.30. The first-order valence-corrected chi connectivity index (χ1v) is 6.21. The van der Waals surface area contributed by atoms with Crippen LogP contribution in [0.2, 0.25) is 0 Å². The number of rotatable bonds is 4. The fourth-order valence-electron chi connectivity index (χ4n) is 2.13. The number of nitrogens with zero attached hydrogens (tertiary/aromatic N) is 1. The van der Waals surface area contributed by atoms with Gasteiger partial charge in [0.1, 0.15) is 0 Å². The minimum Gasteiger partial charge on any atom is -0.481 e. The number of carbonyl (C=O) groups excluding carboxylic acids is 1. The van der Waals surface area contributed by atoms with Gasteiger partial charge in [-0.25, -0.2) is 4.79 Å². The van der Waals surface area contributed by atoms with Crippen LogP contribution >= 0.6 is 0 Å². The van der Waals surface area contributed by atoms with Crippen LogP contribution in [0, 0.1) is 17.3 Å². The summed E-state index contributed by atoms with van der Waals surface area (Å²) < 4.78 is 0. The molecule has 1 unspecified atom stereocenters. The van der Waals surface area contributed by atoms with Crippen molar-refractivity contribution in [3.05, 3.63) is 0 Å². The minimum atomic E-state index is -0.808. The third-order valence-corrected chi connectivity index (χ3v) is 3.47. The molecule has 2 N–H and O–H groups in total. The van der Waals surface area contributed by atoms with Gasteiger partial charge in [0.15, 0.2) is 0 Å². The van der Waals surface area contributed by atoms with Crippen LogP contribution in [0.3, 0.4) is 0 Å². The van der Waals surface area contributed by atoms with Crippen LogP contribution in [0.25, 0.3) is 0 Å². The highest BCUT2D eigenvalue weighted by atomic mass is 16.4. The average Bonchev–Trinajstić information content (AvgIpc) is 2.80. The van der Waals surface area contributed by atoms with E-state index in [1.54, 1.807) is 11.8 Å². The van der Waals surface area contributed by atoms with Crippen LogP contribution < -0.4 is 5.32 Å². The monoisotopic (exact) mass is 252 g/mol. The van der Waals surface area contributed by atoms with Crippen molar-refractivity contribution in [2.24, 2.45) is 5.41 Å². The Morgan fingerprint density at radius 2 is 2.22 bits per heavy atom. The van der Waals surface area contributed by atoms with Crippen molar-refractivity contribution in [1.82, 2.24) is 10.2 Å². The Morgan fingerprint density at radius 1 is 1.50 bits per heavy atom. The van der Waals surface area contributed by atoms with Crippen LogP contribution in [0.15, 0.2) is 0 Å². The van der Waals surface area contributed by atoms with Crippen LogP contribution in [0.4, 0.5) is 4.79 Å². The lowest BCUT2D eigenvalue weighted by Crippen LogP contribution is -2.41. The lowest BCUT2D eigenvalue weighted by Gasteiger charge is -2.23. The molecule has 2 amide bonds. The van der Waals surface area contributed by atoms with Crippen molar-refractivity contribution in [3.63, 3.8) is 0 Å². The maximum atomic E-state index is 11.8. The van der Waals surface area contributed by atoms with Gasteiger partial charge in [0.25, 0.3) is 0 Å². The summed E-state index contributed by atoms with van der Waals surface area (Å²) in [6.07, 6.45) is 1.70. The fraction of sp³-hybridized carbons (Fsp3) is 0.692. The highest BCUT2D eigenvalue weighted by Crippen LogP contribution is 2.34. The van der Waals surface area contributed by atoms with Gasteiger partial charge in [0, 0.05) is 26.1 Å². The highest BCUT2D eigenvalue weighted by Gasteiger charge is 2.44. The summed E-state index contributed by atoms with van der Waals surface area (Å²) in [7, 11) is 0. The molecule has 1 rings (SSSR count). The summed E-state index contributed by atoms with van der Waals surface area (Å²) >= 11 is 0. The van der Waals surface area contributed by atoms with Gasteiger partial charge in [-0.2, -0.15) is 0 Å². The van der Waals surface area contributed by atoms with Crippen molar-refractivity contribution in [3.8, 4) is 11.8 Å². The second-order valence-corrected chi connectivity index (χ2v) is 4.52. The first-order valence-electron chi connectivity index (χ1n) is 6.21. The smallest absolute Gasteiger partial charge is 0.317 e. The van der Waals surface area contributed by atoms with Gasteiger partial charge in [0.2, 0.25) is 0 Å². The normalized spacial score (nSPS) is 22.2. The van der Waals surface area contributed by atoms with Gasteiger partial charge in [-0.05, 0) is 19.8 Å². The summed E-state index contributed by atoms with van der Waals surface area (Å²) in [5, 5.41) is 12.0. The number of carbonyl (C=O) groups is 2. The highest BCUT2D eigenvalue weighted by molar-refractivity contribution is 5.79. The van der Waals surface area contributed by atoms with E-state index < -0.39 is 11.4 Å². The summed E-state index contributed by atoms with van der Waals surface area (Å²) in [6.45, 7) is 4.91. The van der Waals surface area contributed by atoms with Crippen molar-refractivity contribution in [1.29, 1.82) is 0 Å². The van der Waals surface area contributed by atoms with Gasteiger partial charge in [-0.15, -0.1) is 11.8 Å². The van der Waals surface area contributed by atoms with Crippen molar-refractivity contribution < 1.29 is 14.7 Å². The number of hydrogen-bond acceptors (Lipinski definition) is 2. The van der Waals surface area contributed by atoms with E-state index in [4.69, 9.17) is 0 Å². The fourth-order valence-corrected chi connectivity index (χ4v) is 2.13. The van der Waals surface area contributed by atoms with Crippen molar-refractivity contribution in [2.75, 3.05) is 19.6 Å². The van der Waals surface area contributed by atoms with Gasteiger partial charge < -0.3 is 15.3 Å². The van der Waals surface area contributed by atoms with Gasteiger partial charge in [0.05, 0.1) is 5.41 Å². The zero-order valence-corrected chi connectivity index (χ0v) is 11.0. The van der Waals surface area contributed by atoms with Gasteiger partial charge in [-0.1, -0.05) is 6.92 Å².